The first-order chi connectivity index (χ1) is 16.0. The number of nitrogens with one attached hydrogen (secondary N) is 1. The average molecular weight is 455 g/mol. The summed E-state index contributed by atoms with van der Waals surface area (Å²) in [6.45, 7) is 3.97. The maximum absolute atomic E-state index is 13.4. The van der Waals surface area contributed by atoms with Crippen molar-refractivity contribution in [1.82, 2.24) is 5.32 Å². The fraction of sp³-hybridized carbons (Fsp3) is 0.440. The molecule has 33 heavy (non-hydrogen) atoms. The molecule has 0 spiro atoms. The van der Waals surface area contributed by atoms with Crippen molar-refractivity contribution in [1.29, 1.82) is 0 Å². The van der Waals surface area contributed by atoms with Gasteiger partial charge in [-0.1, -0.05) is 6.07 Å². The molecular weight excluding hydrogens is 424 g/mol. The first-order valence-electron chi connectivity index (χ1n) is 11.1. The van der Waals surface area contributed by atoms with Gasteiger partial charge in [-0.3, -0.25) is 9.59 Å². The topological polar surface area (TPSA) is 86.3 Å². The van der Waals surface area contributed by atoms with Crippen LogP contribution in [0.25, 0.3) is 11.1 Å². The van der Waals surface area contributed by atoms with Gasteiger partial charge >= 0.3 is 0 Å². The molecule has 1 unspecified atom stereocenters. The monoisotopic (exact) mass is 454 g/mol. The smallest absolute Gasteiger partial charge is 0.217 e. The van der Waals surface area contributed by atoms with E-state index >= 15 is 0 Å². The molecule has 0 aromatic heterocycles. The number of carbonyl (C=O) groups excluding carboxylic acids is 1. The Morgan fingerprint density at radius 2 is 1.79 bits per heavy atom. The van der Waals surface area contributed by atoms with E-state index in [1.165, 1.54) is 6.92 Å². The third-order valence-electron chi connectivity index (χ3n) is 6.25. The highest BCUT2D eigenvalue weighted by Gasteiger charge is 2.29. The molecular formula is C25H30N2O6. The van der Waals surface area contributed by atoms with Crippen molar-refractivity contribution in [2.24, 2.45) is 0 Å². The van der Waals surface area contributed by atoms with Crippen molar-refractivity contribution in [3.05, 3.63) is 45.6 Å². The summed E-state index contributed by atoms with van der Waals surface area (Å²) in [5, 5.41) is 3.03. The zero-order chi connectivity index (χ0) is 23.5. The molecule has 2 aromatic carbocycles. The fourth-order valence-corrected chi connectivity index (χ4v) is 4.76. The second-order valence-electron chi connectivity index (χ2n) is 8.17. The SMILES string of the molecule is COc1cc2c(c(OC)c1OC)-c1ccc(N3CCOCC3)c(=O)cc1C(NC(C)=O)CC2. The molecule has 0 bridgehead atoms. The van der Waals surface area contributed by atoms with Gasteiger partial charge in [-0.2, -0.15) is 0 Å². The molecule has 1 fully saturated rings. The Morgan fingerprint density at radius 1 is 1.06 bits per heavy atom. The lowest BCUT2D eigenvalue weighted by Gasteiger charge is -2.27. The summed E-state index contributed by atoms with van der Waals surface area (Å²) in [6, 6.07) is 7.11. The minimum absolute atomic E-state index is 0.0867. The van der Waals surface area contributed by atoms with Gasteiger partial charge in [-0.05, 0) is 47.7 Å². The van der Waals surface area contributed by atoms with Crippen LogP contribution in [-0.4, -0.2) is 53.5 Å². The van der Waals surface area contributed by atoms with Crippen LogP contribution in [0.4, 0.5) is 5.69 Å². The zero-order valence-corrected chi connectivity index (χ0v) is 19.5. The number of aryl methyl sites for hydroxylation is 1. The molecule has 1 aliphatic carbocycles. The molecule has 1 atom stereocenters. The third-order valence-corrected chi connectivity index (χ3v) is 6.25. The second-order valence-corrected chi connectivity index (χ2v) is 8.17. The first-order valence-corrected chi connectivity index (χ1v) is 11.1. The highest BCUT2D eigenvalue weighted by Crippen LogP contribution is 2.50. The summed E-state index contributed by atoms with van der Waals surface area (Å²) in [5.74, 6) is 1.46. The third kappa shape index (κ3) is 4.35. The summed E-state index contributed by atoms with van der Waals surface area (Å²) in [7, 11) is 4.75. The van der Waals surface area contributed by atoms with Gasteiger partial charge < -0.3 is 29.2 Å². The van der Waals surface area contributed by atoms with E-state index in [2.05, 4.69) is 5.32 Å². The van der Waals surface area contributed by atoms with E-state index in [-0.39, 0.29) is 17.4 Å². The van der Waals surface area contributed by atoms with E-state index in [1.54, 1.807) is 27.4 Å². The molecule has 8 heteroatoms. The normalized spacial score (nSPS) is 17.3. The Balaban J connectivity index is 2.00. The van der Waals surface area contributed by atoms with E-state index in [0.29, 0.717) is 62.1 Å². The van der Waals surface area contributed by atoms with Crippen LogP contribution in [0, 0.1) is 0 Å². The molecule has 0 saturated carbocycles. The van der Waals surface area contributed by atoms with Crippen LogP contribution >= 0.6 is 0 Å². The van der Waals surface area contributed by atoms with E-state index < -0.39 is 0 Å². The van der Waals surface area contributed by atoms with Gasteiger partial charge in [0.15, 0.2) is 11.5 Å². The molecule has 8 nitrogen and oxygen atoms in total. The number of hydrogen-bond acceptors (Lipinski definition) is 7. The van der Waals surface area contributed by atoms with E-state index in [9.17, 15) is 9.59 Å². The van der Waals surface area contributed by atoms with Crippen molar-refractivity contribution in [3.8, 4) is 28.4 Å². The van der Waals surface area contributed by atoms with Gasteiger partial charge in [0.2, 0.25) is 17.1 Å². The van der Waals surface area contributed by atoms with E-state index in [4.69, 9.17) is 18.9 Å². The second kappa shape index (κ2) is 9.70. The van der Waals surface area contributed by atoms with Crippen LogP contribution in [0.1, 0.15) is 30.5 Å². The van der Waals surface area contributed by atoms with Gasteiger partial charge in [-0.15, -0.1) is 0 Å². The van der Waals surface area contributed by atoms with Crippen LogP contribution in [0.15, 0.2) is 29.1 Å². The lowest BCUT2D eigenvalue weighted by atomic mass is 9.95. The quantitative estimate of drug-likeness (QED) is 0.743. The van der Waals surface area contributed by atoms with Gasteiger partial charge in [0, 0.05) is 25.6 Å². The Labute approximate surface area is 193 Å². The molecule has 1 amide bonds. The van der Waals surface area contributed by atoms with Crippen molar-refractivity contribution in [2.75, 3.05) is 52.5 Å². The van der Waals surface area contributed by atoms with Crippen molar-refractivity contribution < 1.29 is 23.7 Å². The highest BCUT2D eigenvalue weighted by atomic mass is 16.5. The van der Waals surface area contributed by atoms with Crippen LogP contribution in [0.3, 0.4) is 0 Å². The minimum Gasteiger partial charge on any atom is -0.493 e. The van der Waals surface area contributed by atoms with Crippen molar-refractivity contribution in [2.45, 2.75) is 25.8 Å². The number of morpholine rings is 1. The Morgan fingerprint density at radius 3 is 2.42 bits per heavy atom. The molecule has 1 heterocycles. The van der Waals surface area contributed by atoms with Gasteiger partial charge in [0.05, 0.1) is 46.3 Å². The summed E-state index contributed by atoms with van der Waals surface area (Å²) in [6.07, 6.45) is 1.30. The van der Waals surface area contributed by atoms with Crippen LogP contribution in [0.5, 0.6) is 17.2 Å². The van der Waals surface area contributed by atoms with Gasteiger partial charge in [0.25, 0.3) is 0 Å². The predicted octanol–water partition coefficient (Wildman–Crippen LogP) is 2.70. The molecule has 1 saturated heterocycles. The summed E-state index contributed by atoms with van der Waals surface area (Å²) >= 11 is 0. The zero-order valence-electron chi connectivity index (χ0n) is 19.5. The number of amides is 1. The number of nitrogens with zero attached hydrogens (tertiary/aromatic N) is 1. The van der Waals surface area contributed by atoms with Crippen LogP contribution in [-0.2, 0) is 16.0 Å². The molecule has 1 N–H and O–H groups in total. The van der Waals surface area contributed by atoms with E-state index in [0.717, 1.165) is 22.3 Å². The largest absolute Gasteiger partial charge is 0.493 e. The number of fused-ring (bicyclic) bond motifs is 3. The van der Waals surface area contributed by atoms with Gasteiger partial charge in [0.1, 0.15) is 0 Å². The van der Waals surface area contributed by atoms with E-state index in [1.807, 2.05) is 23.1 Å². The maximum Gasteiger partial charge on any atom is 0.217 e. The molecule has 4 rings (SSSR count). The number of anilines is 1. The molecule has 0 radical (unpaired) electrons. The number of benzene rings is 1. The standard InChI is InChI=1S/C25H30N2O6/c1-15(28)26-19-7-5-16-13-22(30-2)24(31-3)25(32-4)23(16)17-6-8-20(21(29)14-18(17)19)27-9-11-33-12-10-27/h6,8,13-14,19H,5,7,9-12H2,1-4H3,(H,26,28). The molecule has 176 valence electrons. The maximum atomic E-state index is 13.4. The number of hydrogen-bond donors (Lipinski definition) is 1. The Kier molecular flexibility index (Phi) is 6.74. The Hall–Kier alpha value is -3.26. The molecule has 2 aliphatic rings. The minimum atomic E-state index is -0.316. The summed E-state index contributed by atoms with van der Waals surface area (Å²) in [5.41, 5.74) is 3.98. The average Bonchev–Trinajstić information content (AvgIpc) is 3.07. The molecule has 1 aliphatic heterocycles. The van der Waals surface area contributed by atoms with Crippen LogP contribution in [0.2, 0.25) is 0 Å². The summed E-state index contributed by atoms with van der Waals surface area (Å²) in [4.78, 5) is 27.4. The summed E-state index contributed by atoms with van der Waals surface area (Å²) < 4.78 is 22.5. The first kappa shape index (κ1) is 22.9. The lowest BCUT2D eigenvalue weighted by molar-refractivity contribution is -0.119. The number of carbonyl (C=O) groups is 1. The fourth-order valence-electron chi connectivity index (χ4n) is 4.76. The van der Waals surface area contributed by atoms with Crippen molar-refractivity contribution in [3.63, 3.8) is 0 Å². The Bertz CT molecular complexity index is 1110. The number of rotatable bonds is 5. The lowest BCUT2D eigenvalue weighted by Crippen LogP contribution is -2.38. The predicted molar refractivity (Wildman–Crippen MR) is 126 cm³/mol. The number of methoxy groups -OCH3 is 3. The molecule has 2 aromatic rings. The van der Waals surface area contributed by atoms with Crippen LogP contribution < -0.4 is 29.9 Å². The highest BCUT2D eigenvalue weighted by molar-refractivity contribution is 5.83. The van der Waals surface area contributed by atoms with Crippen molar-refractivity contribution >= 4 is 11.6 Å². The van der Waals surface area contributed by atoms with Gasteiger partial charge in [-0.25, -0.2) is 0 Å². The number of ether oxygens (including phenoxy) is 4.